The van der Waals surface area contributed by atoms with Crippen LogP contribution in [0, 0.1) is 0 Å². The Kier molecular flexibility index (Phi) is 5.83. The molecule has 136 valence electrons. The molecule has 0 radical (unpaired) electrons. The number of aliphatic imine (C=N–C) groups is 1. The van der Waals surface area contributed by atoms with Gasteiger partial charge in [-0.2, -0.15) is 0 Å². The first-order chi connectivity index (χ1) is 12.2. The van der Waals surface area contributed by atoms with E-state index >= 15 is 0 Å². The van der Waals surface area contributed by atoms with Crippen LogP contribution in [-0.4, -0.2) is 70.9 Å². The lowest BCUT2D eigenvalue weighted by Crippen LogP contribution is -2.53. The summed E-state index contributed by atoms with van der Waals surface area (Å²) in [5.41, 5.74) is 0.845. The third-order valence-electron chi connectivity index (χ3n) is 4.57. The number of rotatable bonds is 5. The Hall–Kier alpha value is -2.19. The van der Waals surface area contributed by atoms with E-state index in [1.807, 2.05) is 28.8 Å². The molecule has 0 spiro atoms. The number of aromatic nitrogens is 3. The van der Waals surface area contributed by atoms with E-state index < -0.39 is 0 Å². The van der Waals surface area contributed by atoms with Crippen LogP contribution in [0.3, 0.4) is 0 Å². The van der Waals surface area contributed by atoms with Gasteiger partial charge in [0.1, 0.15) is 0 Å². The van der Waals surface area contributed by atoms with Crippen molar-refractivity contribution in [2.75, 3.05) is 33.4 Å². The Morgan fingerprint density at radius 2 is 2.28 bits per heavy atom. The molecule has 1 aliphatic rings. The summed E-state index contributed by atoms with van der Waals surface area (Å²) in [6.07, 6.45) is 1.96. The molecule has 0 aliphatic carbocycles. The first kappa shape index (κ1) is 17.6. The first-order valence-corrected chi connectivity index (χ1v) is 8.75. The number of fused-ring (bicyclic) bond motifs is 1. The van der Waals surface area contributed by atoms with Gasteiger partial charge in [-0.3, -0.25) is 14.3 Å². The molecule has 8 nitrogen and oxygen atoms in total. The van der Waals surface area contributed by atoms with Crippen LogP contribution in [-0.2, 0) is 11.3 Å². The largest absolute Gasteiger partial charge is 0.379 e. The lowest BCUT2D eigenvalue weighted by molar-refractivity contribution is -0.0174. The van der Waals surface area contributed by atoms with Crippen LogP contribution in [0.4, 0.5) is 0 Å². The standard InChI is InChI=1S/C17H27N7O/c1-13(23-8-9-25-12-14(23)2)10-19-17(18-3)20-11-16-22-21-15-6-4-5-7-24(15)16/h4-7,13-14H,8-12H2,1-3H3,(H2,18,19,20). The van der Waals surface area contributed by atoms with E-state index in [-0.39, 0.29) is 0 Å². The van der Waals surface area contributed by atoms with Gasteiger partial charge in [0.15, 0.2) is 17.4 Å². The minimum Gasteiger partial charge on any atom is -0.379 e. The molecule has 2 aromatic heterocycles. The molecule has 1 saturated heterocycles. The smallest absolute Gasteiger partial charge is 0.191 e. The van der Waals surface area contributed by atoms with Crippen LogP contribution in [0.5, 0.6) is 0 Å². The number of hydrogen-bond donors (Lipinski definition) is 2. The molecule has 0 bridgehead atoms. The topological polar surface area (TPSA) is 79.1 Å². The van der Waals surface area contributed by atoms with Crippen molar-refractivity contribution in [2.45, 2.75) is 32.5 Å². The average molecular weight is 345 g/mol. The van der Waals surface area contributed by atoms with E-state index in [2.05, 4.69) is 44.6 Å². The third kappa shape index (κ3) is 4.26. The van der Waals surface area contributed by atoms with E-state index in [1.54, 1.807) is 7.05 Å². The van der Waals surface area contributed by atoms with Crippen LogP contribution in [0.2, 0.25) is 0 Å². The van der Waals surface area contributed by atoms with Gasteiger partial charge >= 0.3 is 0 Å². The average Bonchev–Trinajstić information content (AvgIpc) is 3.05. The predicted octanol–water partition coefficient (Wildman–Crippen LogP) is 0.504. The minimum atomic E-state index is 0.409. The lowest BCUT2D eigenvalue weighted by atomic mass is 10.2. The molecule has 25 heavy (non-hydrogen) atoms. The van der Waals surface area contributed by atoms with Crippen LogP contribution in [0.25, 0.3) is 5.65 Å². The Balaban J connectivity index is 1.51. The molecule has 3 rings (SSSR count). The van der Waals surface area contributed by atoms with E-state index in [9.17, 15) is 0 Å². The molecular formula is C17H27N7O. The summed E-state index contributed by atoms with van der Waals surface area (Å²) in [6, 6.07) is 6.72. The van der Waals surface area contributed by atoms with Gasteiger partial charge in [0.2, 0.25) is 0 Å². The monoisotopic (exact) mass is 345 g/mol. The van der Waals surface area contributed by atoms with Crippen molar-refractivity contribution in [1.29, 1.82) is 0 Å². The van der Waals surface area contributed by atoms with Crippen molar-refractivity contribution in [1.82, 2.24) is 30.1 Å². The Morgan fingerprint density at radius 1 is 1.40 bits per heavy atom. The molecule has 0 aromatic carbocycles. The van der Waals surface area contributed by atoms with Gasteiger partial charge in [-0.25, -0.2) is 0 Å². The van der Waals surface area contributed by atoms with Gasteiger partial charge < -0.3 is 15.4 Å². The van der Waals surface area contributed by atoms with Crippen LogP contribution < -0.4 is 10.6 Å². The SMILES string of the molecule is CN=C(NCc1nnc2ccccn12)NCC(C)N1CCOCC1C. The molecule has 2 atom stereocenters. The van der Waals surface area contributed by atoms with Crippen molar-refractivity contribution < 1.29 is 4.74 Å². The highest BCUT2D eigenvalue weighted by Gasteiger charge is 2.23. The quantitative estimate of drug-likeness (QED) is 0.607. The maximum absolute atomic E-state index is 5.51. The highest BCUT2D eigenvalue weighted by molar-refractivity contribution is 5.79. The van der Waals surface area contributed by atoms with E-state index in [1.165, 1.54) is 0 Å². The van der Waals surface area contributed by atoms with Crippen molar-refractivity contribution >= 4 is 11.6 Å². The van der Waals surface area contributed by atoms with E-state index in [0.717, 1.165) is 43.7 Å². The molecular weight excluding hydrogens is 318 g/mol. The Morgan fingerprint density at radius 3 is 3.08 bits per heavy atom. The maximum atomic E-state index is 5.51. The lowest BCUT2D eigenvalue weighted by Gasteiger charge is -2.38. The van der Waals surface area contributed by atoms with Gasteiger partial charge in [0, 0.05) is 38.4 Å². The zero-order valence-corrected chi connectivity index (χ0v) is 15.1. The fourth-order valence-electron chi connectivity index (χ4n) is 3.15. The summed E-state index contributed by atoms with van der Waals surface area (Å²) in [4.78, 5) is 6.77. The van der Waals surface area contributed by atoms with Gasteiger partial charge in [-0.1, -0.05) is 6.07 Å². The second kappa shape index (κ2) is 8.26. The number of nitrogens with zero attached hydrogens (tertiary/aromatic N) is 5. The van der Waals surface area contributed by atoms with Crippen LogP contribution in [0.1, 0.15) is 19.7 Å². The van der Waals surface area contributed by atoms with E-state index in [0.29, 0.717) is 18.6 Å². The van der Waals surface area contributed by atoms with Crippen molar-refractivity contribution in [2.24, 2.45) is 4.99 Å². The van der Waals surface area contributed by atoms with Crippen LogP contribution in [0.15, 0.2) is 29.4 Å². The number of morpholine rings is 1. The second-order valence-corrected chi connectivity index (χ2v) is 6.36. The molecule has 1 fully saturated rings. The zero-order chi connectivity index (χ0) is 17.6. The zero-order valence-electron chi connectivity index (χ0n) is 15.1. The molecule has 2 N–H and O–H groups in total. The molecule has 2 aromatic rings. The van der Waals surface area contributed by atoms with Crippen molar-refractivity contribution in [3.8, 4) is 0 Å². The summed E-state index contributed by atoms with van der Waals surface area (Å²) in [6.45, 7) is 8.41. The predicted molar refractivity (Wildman–Crippen MR) is 97.6 cm³/mol. The fraction of sp³-hybridized carbons (Fsp3) is 0.588. The van der Waals surface area contributed by atoms with Gasteiger partial charge in [0.05, 0.1) is 19.8 Å². The molecule has 2 unspecified atom stereocenters. The number of guanidine groups is 1. The maximum Gasteiger partial charge on any atom is 0.191 e. The van der Waals surface area contributed by atoms with Crippen molar-refractivity contribution in [3.05, 3.63) is 30.2 Å². The number of hydrogen-bond acceptors (Lipinski definition) is 5. The second-order valence-electron chi connectivity index (χ2n) is 6.36. The molecule has 1 aliphatic heterocycles. The number of nitrogens with one attached hydrogen (secondary N) is 2. The summed E-state index contributed by atoms with van der Waals surface area (Å²) in [5.74, 6) is 1.62. The van der Waals surface area contributed by atoms with E-state index in [4.69, 9.17) is 4.74 Å². The Bertz CT molecular complexity index is 714. The summed E-state index contributed by atoms with van der Waals surface area (Å²) in [5, 5.41) is 15.1. The molecule has 0 saturated carbocycles. The van der Waals surface area contributed by atoms with Crippen molar-refractivity contribution in [3.63, 3.8) is 0 Å². The normalized spacial score (nSPS) is 20.6. The van der Waals surface area contributed by atoms with Gasteiger partial charge in [-0.15, -0.1) is 10.2 Å². The number of pyridine rings is 1. The van der Waals surface area contributed by atoms with Gasteiger partial charge in [0.25, 0.3) is 0 Å². The molecule has 3 heterocycles. The third-order valence-corrected chi connectivity index (χ3v) is 4.57. The number of ether oxygens (including phenoxy) is 1. The summed E-state index contributed by atoms with van der Waals surface area (Å²) in [7, 11) is 1.78. The molecule has 0 amide bonds. The Labute approximate surface area is 148 Å². The highest BCUT2D eigenvalue weighted by Crippen LogP contribution is 2.10. The summed E-state index contributed by atoms with van der Waals surface area (Å²) < 4.78 is 7.48. The fourth-order valence-corrected chi connectivity index (χ4v) is 3.15. The van der Waals surface area contributed by atoms with Crippen LogP contribution >= 0.6 is 0 Å². The minimum absolute atomic E-state index is 0.409. The highest BCUT2D eigenvalue weighted by atomic mass is 16.5. The van der Waals surface area contributed by atoms with Gasteiger partial charge in [-0.05, 0) is 26.0 Å². The molecule has 8 heteroatoms. The summed E-state index contributed by atoms with van der Waals surface area (Å²) >= 11 is 0. The first-order valence-electron chi connectivity index (χ1n) is 8.75.